The Bertz CT molecular complexity index is 2060. The standard InChI is InChI=1S/C31H25Cl2F2N5O3/c1-39-23-14-22(27(34)35)37-28(24(23)30(41)40(2)31(39)42)36-20-12-6-10-18(26(20)33)17-9-5-11-19(25(17)32)21-13-15-7-4-8-16(15)29(38-21)43-3/h5-6,9-14,27H,4,7-8H2,1-3H3,(H,36,37). The number of fused-ring (bicyclic) bond motifs is 2. The summed E-state index contributed by atoms with van der Waals surface area (Å²) >= 11 is 13.9. The highest BCUT2D eigenvalue weighted by atomic mass is 35.5. The molecule has 0 fully saturated rings. The van der Waals surface area contributed by atoms with E-state index >= 15 is 0 Å². The number of rotatable bonds is 6. The van der Waals surface area contributed by atoms with Crippen molar-refractivity contribution in [3.63, 3.8) is 0 Å². The average Bonchev–Trinajstić information content (AvgIpc) is 3.48. The Kier molecular flexibility index (Phi) is 7.43. The molecule has 8 nitrogen and oxygen atoms in total. The highest BCUT2D eigenvalue weighted by Crippen LogP contribution is 2.43. The number of aryl methyl sites for hydroxylation is 2. The van der Waals surface area contributed by atoms with Crippen molar-refractivity contribution in [1.29, 1.82) is 0 Å². The molecule has 0 spiro atoms. The fourth-order valence-corrected chi connectivity index (χ4v) is 6.16. The third-order valence-corrected chi connectivity index (χ3v) is 8.57. The van der Waals surface area contributed by atoms with Gasteiger partial charge >= 0.3 is 5.69 Å². The number of methoxy groups -OCH3 is 1. The molecule has 6 rings (SSSR count). The molecule has 0 saturated carbocycles. The van der Waals surface area contributed by atoms with Gasteiger partial charge in [0, 0.05) is 36.3 Å². The van der Waals surface area contributed by atoms with Gasteiger partial charge in [0.1, 0.15) is 16.9 Å². The van der Waals surface area contributed by atoms with Crippen molar-refractivity contribution in [3.05, 3.63) is 96.2 Å². The van der Waals surface area contributed by atoms with Crippen LogP contribution in [0.15, 0.2) is 58.1 Å². The van der Waals surface area contributed by atoms with Crippen LogP contribution >= 0.6 is 23.2 Å². The summed E-state index contributed by atoms with van der Waals surface area (Å²) in [5, 5.41) is 3.57. The van der Waals surface area contributed by atoms with Crippen molar-refractivity contribution < 1.29 is 13.5 Å². The number of hydrogen-bond acceptors (Lipinski definition) is 6. The number of alkyl halides is 2. The molecule has 1 aliphatic rings. The van der Waals surface area contributed by atoms with E-state index in [1.54, 1.807) is 25.3 Å². The fourth-order valence-electron chi connectivity index (χ4n) is 5.56. The summed E-state index contributed by atoms with van der Waals surface area (Å²) in [6.45, 7) is 0. The SMILES string of the molecule is COc1nc(-c2cccc(-c3cccc(Nc4nc(C(F)F)cc5c4c(=O)n(C)c(=O)n5C)c3Cl)c2Cl)cc2c1CCC2. The molecule has 0 radical (unpaired) electrons. The molecule has 0 saturated heterocycles. The maximum absolute atomic E-state index is 13.8. The van der Waals surface area contributed by atoms with Gasteiger partial charge in [0.15, 0.2) is 0 Å². The molecule has 3 aromatic heterocycles. The van der Waals surface area contributed by atoms with Crippen molar-refractivity contribution in [3.8, 4) is 28.3 Å². The minimum atomic E-state index is -2.95. The molecule has 1 N–H and O–H groups in total. The first-order chi connectivity index (χ1) is 20.6. The molecule has 12 heteroatoms. The third kappa shape index (κ3) is 4.84. The second-order valence-electron chi connectivity index (χ2n) is 10.3. The number of pyridine rings is 2. The Hall–Kier alpha value is -4.28. The fraction of sp³-hybridized carbons (Fsp3) is 0.226. The van der Waals surface area contributed by atoms with Crippen LogP contribution in [0, 0.1) is 0 Å². The van der Waals surface area contributed by atoms with E-state index in [4.69, 9.17) is 32.9 Å². The van der Waals surface area contributed by atoms with Crippen LogP contribution in [0.3, 0.4) is 0 Å². The van der Waals surface area contributed by atoms with Gasteiger partial charge in [-0.2, -0.15) is 0 Å². The third-order valence-electron chi connectivity index (χ3n) is 7.76. The quantitative estimate of drug-likeness (QED) is 0.222. The maximum Gasteiger partial charge on any atom is 0.330 e. The van der Waals surface area contributed by atoms with Gasteiger partial charge in [0.25, 0.3) is 12.0 Å². The maximum atomic E-state index is 13.8. The molecule has 43 heavy (non-hydrogen) atoms. The number of anilines is 2. The van der Waals surface area contributed by atoms with E-state index in [1.807, 2.05) is 24.3 Å². The lowest BCUT2D eigenvalue weighted by Crippen LogP contribution is -2.37. The van der Waals surface area contributed by atoms with E-state index in [2.05, 4.69) is 10.3 Å². The normalized spacial score (nSPS) is 12.7. The minimum absolute atomic E-state index is 0.0150. The molecule has 2 aromatic carbocycles. The van der Waals surface area contributed by atoms with Crippen LogP contribution in [0.4, 0.5) is 20.3 Å². The monoisotopic (exact) mass is 623 g/mol. The van der Waals surface area contributed by atoms with Gasteiger partial charge in [-0.15, -0.1) is 0 Å². The Morgan fingerprint density at radius 3 is 2.35 bits per heavy atom. The summed E-state index contributed by atoms with van der Waals surface area (Å²) in [4.78, 5) is 34.4. The average molecular weight is 624 g/mol. The number of ether oxygens (including phenoxy) is 1. The summed E-state index contributed by atoms with van der Waals surface area (Å²) < 4.78 is 35.2. The Balaban J connectivity index is 1.48. The van der Waals surface area contributed by atoms with Crippen molar-refractivity contribution in [2.45, 2.75) is 25.7 Å². The predicted octanol–water partition coefficient (Wildman–Crippen LogP) is 6.85. The Morgan fingerprint density at radius 2 is 1.63 bits per heavy atom. The van der Waals surface area contributed by atoms with Crippen LogP contribution < -0.4 is 21.3 Å². The van der Waals surface area contributed by atoms with Crippen LogP contribution in [0.25, 0.3) is 33.3 Å². The predicted molar refractivity (Wildman–Crippen MR) is 164 cm³/mol. The van der Waals surface area contributed by atoms with E-state index in [0.717, 1.165) is 40.0 Å². The van der Waals surface area contributed by atoms with Gasteiger partial charge in [0.05, 0.1) is 34.1 Å². The number of hydrogen-bond donors (Lipinski definition) is 1. The van der Waals surface area contributed by atoms with Gasteiger partial charge in [-0.05, 0) is 43.0 Å². The van der Waals surface area contributed by atoms with Gasteiger partial charge in [-0.3, -0.25) is 13.9 Å². The van der Waals surface area contributed by atoms with E-state index in [-0.39, 0.29) is 21.7 Å². The summed E-state index contributed by atoms with van der Waals surface area (Å²) in [7, 11) is 4.31. The van der Waals surface area contributed by atoms with Crippen LogP contribution in [0.2, 0.25) is 10.0 Å². The minimum Gasteiger partial charge on any atom is -0.481 e. The smallest absolute Gasteiger partial charge is 0.330 e. The van der Waals surface area contributed by atoms with Crippen molar-refractivity contribution in [1.82, 2.24) is 19.1 Å². The van der Waals surface area contributed by atoms with Gasteiger partial charge < -0.3 is 10.1 Å². The zero-order valence-corrected chi connectivity index (χ0v) is 24.9. The van der Waals surface area contributed by atoms with Gasteiger partial charge in [0.2, 0.25) is 5.88 Å². The van der Waals surface area contributed by atoms with Crippen LogP contribution in [-0.2, 0) is 26.9 Å². The van der Waals surface area contributed by atoms with Crippen molar-refractivity contribution in [2.24, 2.45) is 14.1 Å². The molecule has 0 aliphatic heterocycles. The Labute approximate surface area is 254 Å². The van der Waals surface area contributed by atoms with Gasteiger partial charge in [-0.25, -0.2) is 23.5 Å². The molecule has 1 aliphatic carbocycles. The molecule has 0 bridgehead atoms. The zero-order chi connectivity index (χ0) is 30.6. The van der Waals surface area contributed by atoms with E-state index < -0.39 is 23.4 Å². The highest BCUT2D eigenvalue weighted by molar-refractivity contribution is 6.39. The molecule has 0 unspecified atom stereocenters. The first-order valence-electron chi connectivity index (χ1n) is 13.4. The topological polar surface area (TPSA) is 91.0 Å². The van der Waals surface area contributed by atoms with Crippen molar-refractivity contribution in [2.75, 3.05) is 12.4 Å². The number of benzene rings is 2. The van der Waals surface area contributed by atoms with Crippen molar-refractivity contribution >= 4 is 45.6 Å². The second-order valence-corrected chi connectivity index (χ2v) is 11.0. The number of aromatic nitrogens is 4. The lowest BCUT2D eigenvalue weighted by molar-refractivity contribution is 0.146. The van der Waals surface area contributed by atoms with Gasteiger partial charge in [-0.1, -0.05) is 53.5 Å². The molecule has 0 atom stereocenters. The summed E-state index contributed by atoms with van der Waals surface area (Å²) in [5.41, 5.74) is 3.23. The largest absolute Gasteiger partial charge is 0.481 e. The second kappa shape index (κ2) is 11.1. The number of nitrogens with zero attached hydrogens (tertiary/aromatic N) is 4. The summed E-state index contributed by atoms with van der Waals surface area (Å²) in [5.74, 6) is 0.433. The van der Waals surface area contributed by atoms with Crippen LogP contribution in [0.1, 0.15) is 29.7 Å². The molecule has 0 amide bonds. The molecule has 220 valence electrons. The first kappa shape index (κ1) is 28.8. The number of halogens is 4. The van der Waals surface area contributed by atoms with E-state index in [1.165, 1.54) is 19.7 Å². The number of nitrogens with one attached hydrogen (secondary N) is 1. The first-order valence-corrected chi connectivity index (χ1v) is 14.2. The molecular formula is C31H25Cl2F2N5O3. The van der Waals surface area contributed by atoms with E-state index in [9.17, 15) is 18.4 Å². The van der Waals surface area contributed by atoms with Crippen LogP contribution in [-0.4, -0.2) is 26.2 Å². The highest BCUT2D eigenvalue weighted by Gasteiger charge is 2.23. The Morgan fingerprint density at radius 1 is 0.930 bits per heavy atom. The molecule has 3 heterocycles. The summed E-state index contributed by atoms with van der Waals surface area (Å²) in [6, 6.07) is 13.7. The molecular weight excluding hydrogens is 599 g/mol. The van der Waals surface area contributed by atoms with E-state index in [0.29, 0.717) is 39.0 Å². The van der Waals surface area contributed by atoms with Crippen LogP contribution in [0.5, 0.6) is 5.88 Å². The zero-order valence-electron chi connectivity index (χ0n) is 23.3. The lowest BCUT2D eigenvalue weighted by atomic mass is 9.99. The summed E-state index contributed by atoms with van der Waals surface area (Å²) in [6.07, 6.45) is -0.0573. The lowest BCUT2D eigenvalue weighted by Gasteiger charge is -2.17. The molecule has 5 aromatic rings.